The van der Waals surface area contributed by atoms with Crippen molar-refractivity contribution < 1.29 is 13.2 Å². The second-order valence-corrected chi connectivity index (χ2v) is 8.62. The van der Waals surface area contributed by atoms with Crippen molar-refractivity contribution in [2.75, 3.05) is 0 Å². The average molecular weight is 496 g/mol. The molecule has 0 bridgehead atoms. The minimum absolute atomic E-state index is 0.0340. The highest BCUT2D eigenvalue weighted by atomic mass is 19.4. The zero-order chi connectivity index (χ0) is 26.0. The van der Waals surface area contributed by atoms with Gasteiger partial charge in [0.15, 0.2) is 11.3 Å². The molecule has 4 aromatic rings. The van der Waals surface area contributed by atoms with Crippen LogP contribution in [0, 0.1) is 25.2 Å². The first kappa shape index (κ1) is 25.0. The molecule has 1 aliphatic carbocycles. The van der Waals surface area contributed by atoms with Crippen LogP contribution in [0.3, 0.4) is 0 Å². The van der Waals surface area contributed by atoms with E-state index in [0.717, 1.165) is 29.5 Å². The maximum Gasteiger partial charge on any atom is 0.433 e. The highest BCUT2D eigenvalue weighted by Gasteiger charge is 2.32. The summed E-state index contributed by atoms with van der Waals surface area (Å²) in [6.45, 7) is 5.73. The first-order valence-electron chi connectivity index (χ1n) is 11.3. The van der Waals surface area contributed by atoms with Gasteiger partial charge in [0.05, 0.1) is 12.4 Å². The number of hydrogen-bond acceptors (Lipinski definition) is 7. The Morgan fingerprint density at radius 1 is 1.17 bits per heavy atom. The summed E-state index contributed by atoms with van der Waals surface area (Å²) in [7, 11) is 0. The van der Waals surface area contributed by atoms with Gasteiger partial charge < -0.3 is 4.98 Å². The fraction of sp³-hybridized carbons (Fsp3) is 0.375. The first-order chi connectivity index (χ1) is 17.1. The molecule has 1 fully saturated rings. The largest absolute Gasteiger partial charge is 0.433 e. The van der Waals surface area contributed by atoms with Gasteiger partial charge >= 0.3 is 6.18 Å². The van der Waals surface area contributed by atoms with Crippen LogP contribution in [0.15, 0.2) is 35.5 Å². The monoisotopic (exact) mass is 496 g/mol. The van der Waals surface area contributed by atoms with E-state index >= 15 is 0 Å². The molecule has 186 valence electrons. The molecule has 4 heterocycles. The van der Waals surface area contributed by atoms with Crippen LogP contribution in [0.1, 0.15) is 72.3 Å². The van der Waals surface area contributed by atoms with Crippen molar-refractivity contribution in [2.45, 2.75) is 58.2 Å². The third-order valence-corrected chi connectivity index (χ3v) is 6.00. The smallest absolute Gasteiger partial charge is 0.312 e. The van der Waals surface area contributed by atoms with Crippen molar-refractivity contribution in [3.63, 3.8) is 0 Å². The number of nitrogens with one attached hydrogen (secondary N) is 1. The van der Waals surface area contributed by atoms with Crippen LogP contribution in [0.5, 0.6) is 0 Å². The number of nitriles is 1. The van der Waals surface area contributed by atoms with Gasteiger partial charge in [-0.1, -0.05) is 12.5 Å². The van der Waals surface area contributed by atoms with E-state index in [2.05, 4.69) is 30.0 Å². The number of hydrogen-bond donors (Lipinski definition) is 1. The number of aromatic nitrogens is 7. The Hall–Kier alpha value is -4.14. The van der Waals surface area contributed by atoms with Crippen LogP contribution in [0.4, 0.5) is 13.2 Å². The van der Waals surface area contributed by atoms with Crippen molar-refractivity contribution in [1.82, 2.24) is 34.7 Å². The fourth-order valence-corrected chi connectivity index (χ4v) is 3.89. The van der Waals surface area contributed by atoms with Gasteiger partial charge in [-0.15, -0.1) is 0 Å². The summed E-state index contributed by atoms with van der Waals surface area (Å²) in [4.78, 5) is 30.5. The Bertz CT molecular complexity index is 1460. The Morgan fingerprint density at radius 3 is 2.39 bits per heavy atom. The van der Waals surface area contributed by atoms with Gasteiger partial charge in [0, 0.05) is 23.5 Å². The highest BCUT2D eigenvalue weighted by molar-refractivity contribution is 5.79. The van der Waals surface area contributed by atoms with Crippen molar-refractivity contribution in [1.29, 1.82) is 5.26 Å². The number of halogens is 3. The number of fused-ring (bicyclic) bond motifs is 1. The van der Waals surface area contributed by atoms with Crippen LogP contribution in [-0.2, 0) is 6.18 Å². The number of rotatable bonds is 3. The molecule has 0 amide bonds. The number of aromatic amines is 1. The SMILES string of the molecule is C[C@@H](c1ccc(C(F)(F)F)nc1)n1nc(C#N)c2c(=O)[nH]cnc21.Cc1cc(C)nc(C2CCC2)n1. The third-order valence-electron chi connectivity index (χ3n) is 6.00. The van der Waals surface area contributed by atoms with Crippen molar-refractivity contribution in [2.24, 2.45) is 0 Å². The van der Waals surface area contributed by atoms with E-state index < -0.39 is 23.5 Å². The van der Waals surface area contributed by atoms with Gasteiger partial charge in [-0.25, -0.2) is 19.6 Å². The van der Waals surface area contributed by atoms with Gasteiger partial charge in [-0.05, 0) is 51.3 Å². The number of aryl methyl sites for hydroxylation is 2. The summed E-state index contributed by atoms with van der Waals surface area (Å²) in [6, 6.07) is 5.40. The number of alkyl halides is 3. The summed E-state index contributed by atoms with van der Waals surface area (Å²) >= 11 is 0. The number of nitrogens with zero attached hydrogens (tertiary/aromatic N) is 7. The number of pyridine rings is 1. The van der Waals surface area contributed by atoms with Crippen molar-refractivity contribution >= 4 is 11.0 Å². The lowest BCUT2D eigenvalue weighted by Gasteiger charge is -2.23. The maximum absolute atomic E-state index is 12.6. The van der Waals surface area contributed by atoms with E-state index in [4.69, 9.17) is 5.26 Å². The zero-order valence-electron chi connectivity index (χ0n) is 19.8. The molecule has 9 nitrogen and oxygen atoms in total. The van der Waals surface area contributed by atoms with Crippen LogP contribution in [0.25, 0.3) is 11.0 Å². The Morgan fingerprint density at radius 2 is 1.86 bits per heavy atom. The second-order valence-electron chi connectivity index (χ2n) is 8.62. The standard InChI is InChI=1S/C14H9F3N6O.C10H14N2/c1-7(8-2-3-10(19-5-8)14(15,16)17)23-12-11(9(4-18)22-23)13(24)21-6-20-12;1-7-6-8(2)12-10(11-7)9-4-3-5-9/h2-3,5-7H,1H3,(H,20,21,24);6,9H,3-5H2,1-2H3/t7-;/m0./s1. The molecule has 0 aliphatic heterocycles. The molecule has 36 heavy (non-hydrogen) atoms. The topological polar surface area (TPSA) is 126 Å². The van der Waals surface area contributed by atoms with Gasteiger partial charge in [0.25, 0.3) is 5.56 Å². The Balaban J connectivity index is 0.000000211. The molecule has 1 aliphatic rings. The van der Waals surface area contributed by atoms with Gasteiger partial charge in [0.1, 0.15) is 23.0 Å². The van der Waals surface area contributed by atoms with E-state index in [0.29, 0.717) is 11.5 Å². The first-order valence-corrected chi connectivity index (χ1v) is 11.3. The zero-order valence-corrected chi connectivity index (χ0v) is 19.8. The minimum atomic E-state index is -4.52. The maximum atomic E-state index is 12.6. The quantitative estimate of drug-likeness (QED) is 0.446. The van der Waals surface area contributed by atoms with Gasteiger partial charge in [0.2, 0.25) is 0 Å². The van der Waals surface area contributed by atoms with E-state index in [-0.39, 0.29) is 16.7 Å². The molecule has 5 rings (SSSR count). The van der Waals surface area contributed by atoms with E-state index in [9.17, 15) is 18.0 Å². The molecule has 0 unspecified atom stereocenters. The van der Waals surface area contributed by atoms with Crippen molar-refractivity contribution in [3.8, 4) is 6.07 Å². The van der Waals surface area contributed by atoms with E-state index in [1.54, 1.807) is 6.92 Å². The van der Waals surface area contributed by atoms with E-state index in [1.807, 2.05) is 26.0 Å². The molecule has 0 spiro atoms. The summed E-state index contributed by atoms with van der Waals surface area (Å²) in [5, 5.41) is 13.2. The van der Waals surface area contributed by atoms with Crippen LogP contribution in [0.2, 0.25) is 0 Å². The molecule has 4 aromatic heterocycles. The lowest BCUT2D eigenvalue weighted by molar-refractivity contribution is -0.141. The Labute approximate surface area is 204 Å². The van der Waals surface area contributed by atoms with Crippen LogP contribution < -0.4 is 5.56 Å². The molecule has 0 radical (unpaired) electrons. The molecule has 1 atom stereocenters. The predicted octanol–water partition coefficient (Wildman–Crippen LogP) is 4.38. The normalized spacial score (nSPS) is 14.5. The van der Waals surface area contributed by atoms with E-state index in [1.165, 1.54) is 36.3 Å². The summed E-state index contributed by atoms with van der Waals surface area (Å²) in [6.07, 6.45) is 1.64. The van der Waals surface area contributed by atoms with Crippen molar-refractivity contribution in [3.05, 3.63) is 75.2 Å². The highest BCUT2D eigenvalue weighted by Crippen LogP contribution is 2.34. The average Bonchev–Trinajstić information content (AvgIpc) is 3.17. The third kappa shape index (κ3) is 5.10. The van der Waals surface area contributed by atoms with Gasteiger partial charge in [-0.3, -0.25) is 9.78 Å². The van der Waals surface area contributed by atoms with Crippen LogP contribution >= 0.6 is 0 Å². The summed E-state index contributed by atoms with van der Waals surface area (Å²) in [5.41, 5.74) is 1.18. The fourth-order valence-electron chi connectivity index (χ4n) is 3.89. The van der Waals surface area contributed by atoms with Crippen LogP contribution in [-0.4, -0.2) is 34.7 Å². The molecular weight excluding hydrogens is 473 g/mol. The lowest BCUT2D eigenvalue weighted by atomic mass is 9.85. The molecule has 0 saturated heterocycles. The molecule has 12 heteroatoms. The lowest BCUT2D eigenvalue weighted by Crippen LogP contribution is -2.13. The summed E-state index contributed by atoms with van der Waals surface area (Å²) < 4.78 is 39.1. The van der Waals surface area contributed by atoms with Gasteiger partial charge in [-0.2, -0.15) is 23.5 Å². The molecule has 1 saturated carbocycles. The Kier molecular flexibility index (Phi) is 6.83. The molecule has 1 N–H and O–H groups in total. The number of H-pyrrole nitrogens is 1. The summed E-state index contributed by atoms with van der Waals surface area (Å²) in [5.74, 6) is 1.72. The predicted molar refractivity (Wildman–Crippen MR) is 124 cm³/mol. The second kappa shape index (κ2) is 9.85. The molecular formula is C24H23F3N8O. The minimum Gasteiger partial charge on any atom is -0.312 e. The molecule has 0 aromatic carbocycles.